The first-order valence-corrected chi connectivity index (χ1v) is 11.5. The Morgan fingerprint density at radius 3 is 2.78 bits per heavy atom. The molecule has 4 aromatic heterocycles. The summed E-state index contributed by atoms with van der Waals surface area (Å²) in [5.74, 6) is 0.850. The fourth-order valence-electron chi connectivity index (χ4n) is 4.33. The fraction of sp³-hybridized carbons (Fsp3) is 0.348. The molecule has 1 fully saturated rings. The third kappa shape index (κ3) is 3.72. The van der Waals surface area contributed by atoms with Crippen LogP contribution in [0.2, 0.25) is 0 Å². The molecule has 0 radical (unpaired) electrons. The van der Waals surface area contributed by atoms with Gasteiger partial charge in [-0.15, -0.1) is 10.2 Å². The lowest BCUT2D eigenvalue weighted by atomic mass is 9.83. The number of rotatable bonds is 5. The molecule has 0 amide bonds. The number of fused-ring (bicyclic) bond motifs is 1. The molecule has 1 saturated carbocycles. The van der Waals surface area contributed by atoms with Gasteiger partial charge >= 0.3 is 0 Å². The zero-order chi connectivity index (χ0) is 22.1. The molecule has 0 atom stereocenters. The summed E-state index contributed by atoms with van der Waals surface area (Å²) >= 11 is 1.63. The molecular formula is C23H23N7OS. The van der Waals surface area contributed by atoms with Crippen molar-refractivity contribution in [3.63, 3.8) is 0 Å². The van der Waals surface area contributed by atoms with Gasteiger partial charge in [0.1, 0.15) is 11.1 Å². The highest BCUT2D eigenvalue weighted by molar-refractivity contribution is 7.14. The third-order valence-corrected chi connectivity index (χ3v) is 7.31. The second-order valence-electron chi connectivity index (χ2n) is 8.12. The van der Waals surface area contributed by atoms with E-state index in [4.69, 9.17) is 5.26 Å². The number of pyridine rings is 1. The van der Waals surface area contributed by atoms with Crippen molar-refractivity contribution in [2.75, 3.05) is 19.0 Å². The first-order valence-electron chi connectivity index (χ1n) is 10.7. The van der Waals surface area contributed by atoms with Gasteiger partial charge in [0, 0.05) is 31.5 Å². The van der Waals surface area contributed by atoms with Gasteiger partial charge in [-0.3, -0.25) is 4.98 Å². The van der Waals surface area contributed by atoms with Crippen molar-refractivity contribution in [3.8, 4) is 28.0 Å². The highest BCUT2D eigenvalue weighted by atomic mass is 32.1. The lowest BCUT2D eigenvalue weighted by Crippen LogP contribution is -2.15. The summed E-state index contributed by atoms with van der Waals surface area (Å²) in [5, 5.41) is 37.0. The minimum absolute atomic E-state index is 0.281. The zero-order valence-electron chi connectivity index (χ0n) is 17.7. The SMILES string of the molecule is CNc1cc(-c2ccc3cc(C#N)cnn23)ncc1-c1nnc([C@H]2CC[C@H](CO)CC2)s1. The molecule has 5 rings (SSSR count). The van der Waals surface area contributed by atoms with E-state index in [1.807, 2.05) is 31.4 Å². The summed E-state index contributed by atoms with van der Waals surface area (Å²) in [6.07, 6.45) is 7.58. The molecule has 2 N–H and O–H groups in total. The molecule has 1 aliphatic rings. The number of aliphatic hydroxyl groups is 1. The molecule has 9 heteroatoms. The number of nitrogens with zero attached hydrogens (tertiary/aromatic N) is 6. The quantitative estimate of drug-likeness (QED) is 0.476. The molecule has 4 aromatic rings. The minimum Gasteiger partial charge on any atom is -0.396 e. The summed E-state index contributed by atoms with van der Waals surface area (Å²) < 4.78 is 1.79. The van der Waals surface area contributed by atoms with E-state index >= 15 is 0 Å². The molecule has 162 valence electrons. The van der Waals surface area contributed by atoms with Crippen LogP contribution in [0.3, 0.4) is 0 Å². The second-order valence-corrected chi connectivity index (χ2v) is 9.13. The standard InChI is InChI=1S/C23H23N7OS/c1-25-19-9-20(21-7-6-17-8-15(10-24)11-27-30(17)21)26-12-18(19)23-29-28-22(32-23)16-4-2-14(13-31)3-5-16/h6-9,11-12,14,16,31H,2-5,13H2,1H3,(H,25,26)/t14-,16-. The van der Waals surface area contributed by atoms with Gasteiger partial charge in [0.2, 0.25) is 0 Å². The Bertz CT molecular complexity index is 1300. The maximum Gasteiger partial charge on any atom is 0.151 e. The van der Waals surface area contributed by atoms with Gasteiger partial charge in [-0.25, -0.2) is 4.52 Å². The van der Waals surface area contributed by atoms with Crippen molar-refractivity contribution < 1.29 is 5.11 Å². The number of anilines is 1. The average Bonchev–Trinajstić information content (AvgIpc) is 3.51. The van der Waals surface area contributed by atoms with Crippen molar-refractivity contribution in [2.45, 2.75) is 31.6 Å². The lowest BCUT2D eigenvalue weighted by molar-refractivity contribution is 0.182. The molecular weight excluding hydrogens is 422 g/mol. The molecule has 0 aromatic carbocycles. The van der Waals surface area contributed by atoms with Crippen LogP contribution in [-0.4, -0.2) is 43.6 Å². The zero-order valence-corrected chi connectivity index (χ0v) is 18.5. The van der Waals surface area contributed by atoms with Crippen LogP contribution in [0.1, 0.15) is 42.2 Å². The van der Waals surface area contributed by atoms with Crippen molar-refractivity contribution in [2.24, 2.45) is 5.92 Å². The third-order valence-electron chi connectivity index (χ3n) is 6.19. The van der Waals surface area contributed by atoms with Crippen molar-refractivity contribution in [1.82, 2.24) is 24.8 Å². The molecule has 0 bridgehead atoms. The van der Waals surface area contributed by atoms with Gasteiger partial charge in [-0.1, -0.05) is 11.3 Å². The monoisotopic (exact) mass is 445 g/mol. The van der Waals surface area contributed by atoms with E-state index < -0.39 is 0 Å². The molecule has 8 nitrogen and oxygen atoms in total. The maximum atomic E-state index is 9.37. The lowest BCUT2D eigenvalue weighted by Gasteiger charge is -2.25. The number of aromatic nitrogens is 5. The Balaban J connectivity index is 1.44. The maximum absolute atomic E-state index is 9.37. The normalized spacial score (nSPS) is 18.5. The Morgan fingerprint density at radius 1 is 1.19 bits per heavy atom. The number of nitrogens with one attached hydrogen (secondary N) is 1. The van der Waals surface area contributed by atoms with E-state index in [0.717, 1.165) is 63.9 Å². The van der Waals surface area contributed by atoms with Crippen molar-refractivity contribution >= 4 is 22.5 Å². The summed E-state index contributed by atoms with van der Waals surface area (Å²) in [5.41, 5.74) is 4.85. The van der Waals surface area contributed by atoms with Crippen LogP contribution in [0.5, 0.6) is 0 Å². The second kappa shape index (κ2) is 8.65. The molecule has 0 unspecified atom stereocenters. The fourth-order valence-corrected chi connectivity index (χ4v) is 5.36. The largest absolute Gasteiger partial charge is 0.396 e. The number of hydrogen-bond acceptors (Lipinski definition) is 8. The van der Waals surface area contributed by atoms with Gasteiger partial charge in [0.15, 0.2) is 5.01 Å². The van der Waals surface area contributed by atoms with Crippen LogP contribution in [0.4, 0.5) is 5.69 Å². The van der Waals surface area contributed by atoms with E-state index in [2.05, 4.69) is 31.7 Å². The molecule has 0 saturated heterocycles. The smallest absolute Gasteiger partial charge is 0.151 e. The van der Waals surface area contributed by atoms with E-state index in [1.165, 1.54) is 0 Å². The molecule has 32 heavy (non-hydrogen) atoms. The van der Waals surface area contributed by atoms with Gasteiger partial charge in [-0.2, -0.15) is 10.4 Å². The average molecular weight is 446 g/mol. The van der Waals surface area contributed by atoms with Gasteiger partial charge < -0.3 is 10.4 Å². The Labute approximate surface area is 189 Å². The Morgan fingerprint density at radius 2 is 2.03 bits per heavy atom. The topological polar surface area (TPSA) is 112 Å². The van der Waals surface area contributed by atoms with Crippen LogP contribution >= 0.6 is 11.3 Å². The van der Waals surface area contributed by atoms with E-state index in [-0.39, 0.29) is 6.61 Å². The van der Waals surface area contributed by atoms with Crippen LogP contribution in [0, 0.1) is 17.2 Å². The number of nitriles is 1. The Hall–Kier alpha value is -3.35. The van der Waals surface area contributed by atoms with E-state index in [1.54, 1.807) is 28.1 Å². The summed E-state index contributed by atoms with van der Waals surface area (Å²) in [6.45, 7) is 0.281. The molecule has 0 spiro atoms. The van der Waals surface area contributed by atoms with Crippen molar-refractivity contribution in [3.05, 3.63) is 47.2 Å². The Kier molecular flexibility index (Phi) is 5.55. The van der Waals surface area contributed by atoms with Crippen molar-refractivity contribution in [1.29, 1.82) is 5.26 Å². The predicted molar refractivity (Wildman–Crippen MR) is 123 cm³/mol. The highest BCUT2D eigenvalue weighted by Crippen LogP contribution is 2.40. The van der Waals surface area contributed by atoms with Crippen LogP contribution in [0.15, 0.2) is 36.7 Å². The highest BCUT2D eigenvalue weighted by Gasteiger charge is 2.25. The molecule has 4 heterocycles. The van der Waals surface area contributed by atoms with Gasteiger partial charge in [-0.05, 0) is 55.9 Å². The van der Waals surface area contributed by atoms with Crippen LogP contribution < -0.4 is 5.32 Å². The number of hydrogen-bond donors (Lipinski definition) is 2. The summed E-state index contributed by atoms with van der Waals surface area (Å²) in [7, 11) is 1.88. The van der Waals surface area contributed by atoms with Gasteiger partial charge in [0.25, 0.3) is 0 Å². The predicted octanol–water partition coefficient (Wildman–Crippen LogP) is 4.09. The molecule has 0 aliphatic heterocycles. The molecule has 1 aliphatic carbocycles. The van der Waals surface area contributed by atoms with Gasteiger partial charge in [0.05, 0.1) is 34.2 Å². The van der Waals surface area contributed by atoms with Crippen LogP contribution in [-0.2, 0) is 0 Å². The summed E-state index contributed by atoms with van der Waals surface area (Å²) in [4.78, 5) is 4.69. The minimum atomic E-state index is 0.281. The van der Waals surface area contributed by atoms with E-state index in [9.17, 15) is 5.11 Å². The van der Waals surface area contributed by atoms with E-state index in [0.29, 0.717) is 17.4 Å². The first kappa shape index (κ1) is 20.5. The number of aliphatic hydroxyl groups excluding tert-OH is 1. The van der Waals surface area contributed by atoms with Crippen LogP contribution in [0.25, 0.3) is 27.5 Å². The first-order chi connectivity index (χ1) is 15.7. The summed E-state index contributed by atoms with van der Waals surface area (Å²) in [6, 6.07) is 9.80.